The molecule has 2 aliphatic rings. The van der Waals surface area contributed by atoms with Crippen LogP contribution in [0.15, 0.2) is 53.1 Å². The van der Waals surface area contributed by atoms with Crippen LogP contribution >= 0.6 is 23.1 Å². The molecule has 8 heteroatoms. The lowest BCUT2D eigenvalue weighted by molar-refractivity contribution is -0.130. The number of rotatable bonds is 6. The largest absolute Gasteiger partial charge is 0.490 e. The molecular weight excluding hydrogens is 440 g/mol. The van der Waals surface area contributed by atoms with Gasteiger partial charge in [0.1, 0.15) is 11.9 Å². The highest BCUT2D eigenvalue weighted by molar-refractivity contribution is 8.01. The minimum absolute atomic E-state index is 0.233. The summed E-state index contributed by atoms with van der Waals surface area (Å²) in [6, 6.07) is 12.6. The quantitative estimate of drug-likeness (QED) is 0.502. The van der Waals surface area contributed by atoms with Gasteiger partial charge in [-0.15, -0.1) is 11.3 Å². The molecule has 0 spiro atoms. The van der Waals surface area contributed by atoms with Crippen molar-refractivity contribution in [1.82, 2.24) is 19.8 Å². The number of hydrogen-bond donors (Lipinski definition) is 0. The summed E-state index contributed by atoms with van der Waals surface area (Å²) in [6.07, 6.45) is 8.07. The number of amides is 1. The summed E-state index contributed by atoms with van der Waals surface area (Å²) in [5.74, 6) is 1.62. The summed E-state index contributed by atoms with van der Waals surface area (Å²) >= 11 is 3.23. The van der Waals surface area contributed by atoms with Gasteiger partial charge in [-0.25, -0.2) is 4.98 Å². The highest BCUT2D eigenvalue weighted by Crippen LogP contribution is 2.30. The Morgan fingerprint density at radius 3 is 2.53 bits per heavy atom. The van der Waals surface area contributed by atoms with Crippen LogP contribution in [0.4, 0.5) is 0 Å². The lowest BCUT2D eigenvalue weighted by Crippen LogP contribution is -2.50. The van der Waals surface area contributed by atoms with Crippen molar-refractivity contribution < 1.29 is 9.53 Å². The molecule has 2 aliphatic heterocycles. The number of para-hydroxylation sites is 1. The number of nitrogens with zero attached hydrogens (tertiary/aromatic N) is 4. The molecule has 0 radical (unpaired) electrons. The minimum Gasteiger partial charge on any atom is -0.490 e. The van der Waals surface area contributed by atoms with E-state index in [9.17, 15) is 4.79 Å². The zero-order chi connectivity index (χ0) is 21.8. The molecular formula is C24H28N4O2S2. The molecule has 32 heavy (non-hydrogen) atoms. The van der Waals surface area contributed by atoms with Crippen molar-refractivity contribution in [2.24, 2.45) is 0 Å². The third-order valence-electron chi connectivity index (χ3n) is 6.36. The van der Waals surface area contributed by atoms with Gasteiger partial charge in [0.25, 0.3) is 0 Å². The van der Waals surface area contributed by atoms with E-state index in [1.165, 1.54) is 4.70 Å². The molecule has 0 atom stereocenters. The van der Waals surface area contributed by atoms with Gasteiger partial charge in [-0.2, -0.15) is 0 Å². The molecule has 1 amide bonds. The SMILES string of the molecule is O=C(CSc1nc2ccccc2s1)N1CCC(N2CCC(Oc3ccncc3)CC2)CC1. The van der Waals surface area contributed by atoms with Crippen LogP contribution in [0.2, 0.25) is 0 Å². The van der Waals surface area contributed by atoms with E-state index in [0.29, 0.717) is 11.8 Å². The molecule has 2 fully saturated rings. The van der Waals surface area contributed by atoms with Crippen molar-refractivity contribution in [1.29, 1.82) is 0 Å². The molecule has 2 saturated heterocycles. The molecule has 0 aliphatic carbocycles. The van der Waals surface area contributed by atoms with Crippen LogP contribution in [-0.2, 0) is 4.79 Å². The molecule has 0 bridgehead atoms. The Morgan fingerprint density at radius 1 is 1.03 bits per heavy atom. The van der Waals surface area contributed by atoms with Gasteiger partial charge in [0.2, 0.25) is 5.91 Å². The third kappa shape index (κ3) is 5.24. The van der Waals surface area contributed by atoms with E-state index in [4.69, 9.17) is 4.74 Å². The average Bonchev–Trinajstić information content (AvgIpc) is 3.27. The molecule has 2 aromatic heterocycles. The van der Waals surface area contributed by atoms with Crippen LogP contribution in [0.3, 0.4) is 0 Å². The first-order valence-corrected chi connectivity index (χ1v) is 13.1. The number of likely N-dealkylation sites (tertiary alicyclic amines) is 2. The van der Waals surface area contributed by atoms with E-state index >= 15 is 0 Å². The Hall–Kier alpha value is -2.16. The maximum absolute atomic E-state index is 12.7. The average molecular weight is 469 g/mol. The van der Waals surface area contributed by atoms with Crippen molar-refractivity contribution in [3.63, 3.8) is 0 Å². The first-order chi connectivity index (χ1) is 15.7. The Balaban J connectivity index is 1.04. The molecule has 0 unspecified atom stereocenters. The number of piperidine rings is 2. The zero-order valence-corrected chi connectivity index (χ0v) is 19.7. The summed E-state index contributed by atoms with van der Waals surface area (Å²) in [7, 11) is 0. The maximum Gasteiger partial charge on any atom is 0.233 e. The molecule has 0 saturated carbocycles. The van der Waals surface area contributed by atoms with Gasteiger partial charge < -0.3 is 9.64 Å². The number of carbonyl (C=O) groups excluding carboxylic acids is 1. The van der Waals surface area contributed by atoms with Crippen LogP contribution in [0.5, 0.6) is 5.75 Å². The molecule has 1 aromatic carbocycles. The van der Waals surface area contributed by atoms with Crippen LogP contribution in [0.1, 0.15) is 25.7 Å². The highest BCUT2D eigenvalue weighted by Gasteiger charge is 2.30. The van der Waals surface area contributed by atoms with E-state index in [1.807, 2.05) is 35.2 Å². The smallest absolute Gasteiger partial charge is 0.233 e. The number of fused-ring (bicyclic) bond motifs is 1. The fourth-order valence-corrected chi connectivity index (χ4v) is 6.55. The van der Waals surface area contributed by atoms with E-state index < -0.39 is 0 Å². The second kappa shape index (κ2) is 10.2. The zero-order valence-electron chi connectivity index (χ0n) is 18.1. The first kappa shape index (κ1) is 21.7. The Kier molecular flexibility index (Phi) is 6.90. The molecule has 168 valence electrons. The van der Waals surface area contributed by atoms with Gasteiger partial charge in [-0.05, 0) is 49.9 Å². The predicted molar refractivity (Wildman–Crippen MR) is 129 cm³/mol. The van der Waals surface area contributed by atoms with Crippen molar-refractivity contribution in [2.45, 2.75) is 42.2 Å². The second-order valence-corrected chi connectivity index (χ2v) is 10.6. The minimum atomic E-state index is 0.233. The summed E-state index contributed by atoms with van der Waals surface area (Å²) in [4.78, 5) is 26.0. The van der Waals surface area contributed by atoms with Crippen LogP contribution in [-0.4, -0.2) is 69.8 Å². The molecule has 6 nitrogen and oxygen atoms in total. The van der Waals surface area contributed by atoms with Gasteiger partial charge in [-0.3, -0.25) is 14.7 Å². The van der Waals surface area contributed by atoms with Crippen LogP contribution < -0.4 is 4.74 Å². The fourth-order valence-electron chi connectivity index (χ4n) is 4.58. The standard InChI is InChI=1S/C24H28N4O2S2/c29-23(17-31-24-26-21-3-1-2-4-22(21)32-24)28-13-7-18(8-14-28)27-15-9-20(10-16-27)30-19-5-11-25-12-6-19/h1-6,11-12,18,20H,7-10,13-17H2. The number of thiazole rings is 1. The normalized spacial score (nSPS) is 18.8. The number of ether oxygens (including phenoxy) is 1. The summed E-state index contributed by atoms with van der Waals surface area (Å²) < 4.78 is 8.25. The number of carbonyl (C=O) groups is 1. The predicted octanol–water partition coefficient (Wildman–Crippen LogP) is 4.32. The number of pyridine rings is 1. The Bertz CT molecular complexity index is 996. The number of aromatic nitrogens is 2. The summed E-state index contributed by atoms with van der Waals surface area (Å²) in [5, 5.41) is 0. The monoisotopic (exact) mass is 468 g/mol. The van der Waals surface area contributed by atoms with Gasteiger partial charge in [-0.1, -0.05) is 23.9 Å². The lowest BCUT2D eigenvalue weighted by atomic mass is 9.99. The van der Waals surface area contributed by atoms with Gasteiger partial charge >= 0.3 is 0 Å². The van der Waals surface area contributed by atoms with Gasteiger partial charge in [0.15, 0.2) is 4.34 Å². The van der Waals surface area contributed by atoms with Crippen LogP contribution in [0, 0.1) is 0 Å². The summed E-state index contributed by atoms with van der Waals surface area (Å²) in [5.41, 5.74) is 1.02. The van der Waals surface area contributed by atoms with Crippen molar-refractivity contribution >= 4 is 39.2 Å². The van der Waals surface area contributed by atoms with E-state index in [2.05, 4.69) is 20.9 Å². The number of thioether (sulfide) groups is 1. The molecule has 0 N–H and O–H groups in total. The van der Waals surface area contributed by atoms with E-state index in [0.717, 1.165) is 67.5 Å². The Labute approximate surface area is 197 Å². The number of hydrogen-bond acceptors (Lipinski definition) is 7. The van der Waals surface area contributed by atoms with E-state index in [1.54, 1.807) is 35.5 Å². The molecule has 5 rings (SSSR count). The fraction of sp³-hybridized carbons (Fsp3) is 0.458. The third-order valence-corrected chi connectivity index (χ3v) is 8.52. The first-order valence-electron chi connectivity index (χ1n) is 11.3. The molecule has 3 aromatic rings. The number of benzene rings is 1. The lowest BCUT2D eigenvalue weighted by Gasteiger charge is -2.41. The van der Waals surface area contributed by atoms with E-state index in [-0.39, 0.29) is 12.0 Å². The Morgan fingerprint density at radius 2 is 1.78 bits per heavy atom. The van der Waals surface area contributed by atoms with Crippen LogP contribution in [0.25, 0.3) is 10.2 Å². The molecule has 4 heterocycles. The van der Waals surface area contributed by atoms with Crippen molar-refractivity contribution in [3.05, 3.63) is 48.8 Å². The second-order valence-electron chi connectivity index (χ2n) is 8.38. The summed E-state index contributed by atoms with van der Waals surface area (Å²) in [6.45, 7) is 3.86. The topological polar surface area (TPSA) is 58.6 Å². The highest BCUT2D eigenvalue weighted by atomic mass is 32.2. The van der Waals surface area contributed by atoms with Gasteiger partial charge in [0, 0.05) is 44.6 Å². The maximum atomic E-state index is 12.7. The van der Waals surface area contributed by atoms with Crippen molar-refractivity contribution in [3.8, 4) is 5.75 Å². The van der Waals surface area contributed by atoms with Gasteiger partial charge in [0.05, 0.1) is 16.0 Å². The van der Waals surface area contributed by atoms with Crippen molar-refractivity contribution in [2.75, 3.05) is 31.9 Å².